The Morgan fingerprint density at radius 3 is 3.00 bits per heavy atom. The van der Waals surface area contributed by atoms with E-state index in [4.69, 9.17) is 10.5 Å². The number of carbonyl (C=O) groups excluding carboxylic acids is 1. The summed E-state index contributed by atoms with van der Waals surface area (Å²) >= 11 is 0. The van der Waals surface area contributed by atoms with Crippen molar-refractivity contribution in [3.05, 3.63) is 54.2 Å². The summed E-state index contributed by atoms with van der Waals surface area (Å²) in [7, 11) is 0. The molecule has 1 amide bonds. The second kappa shape index (κ2) is 7.84. The van der Waals surface area contributed by atoms with Crippen molar-refractivity contribution >= 4 is 17.4 Å². The lowest BCUT2D eigenvalue weighted by Crippen LogP contribution is -2.31. The number of fused-ring (bicyclic) bond motifs is 1. The highest BCUT2D eigenvalue weighted by Crippen LogP contribution is 2.30. The normalized spacial score (nSPS) is 16.1. The number of aromatic nitrogens is 5. The monoisotopic (exact) mass is 417 g/mol. The maximum absolute atomic E-state index is 12.9. The van der Waals surface area contributed by atoms with Crippen LogP contribution in [0, 0.1) is 12.8 Å². The van der Waals surface area contributed by atoms with Crippen LogP contribution in [-0.4, -0.2) is 50.0 Å². The van der Waals surface area contributed by atoms with Crippen LogP contribution < -0.4 is 11.1 Å². The highest BCUT2D eigenvalue weighted by atomic mass is 16.5. The van der Waals surface area contributed by atoms with Gasteiger partial charge in [0.25, 0.3) is 5.91 Å². The molecule has 0 bridgehead atoms. The molecule has 4 aromatic heterocycles. The number of nitrogens with two attached hydrogens (primary N) is 1. The first-order valence-corrected chi connectivity index (χ1v) is 10.2. The molecule has 0 unspecified atom stereocenters. The fraction of sp³-hybridized carbons (Fsp3) is 0.273. The molecular formula is C22H23N7O2. The number of aryl methyl sites for hydroxylation is 1. The lowest BCUT2D eigenvalue weighted by molar-refractivity contribution is 0.0941. The van der Waals surface area contributed by atoms with Crippen LogP contribution >= 0.6 is 0 Å². The van der Waals surface area contributed by atoms with Gasteiger partial charge in [0.2, 0.25) is 0 Å². The third-order valence-corrected chi connectivity index (χ3v) is 5.53. The largest absolute Gasteiger partial charge is 0.382 e. The molecule has 1 fully saturated rings. The van der Waals surface area contributed by atoms with E-state index in [9.17, 15) is 4.79 Å². The number of carbonyl (C=O) groups is 1. The van der Waals surface area contributed by atoms with E-state index in [1.54, 1.807) is 0 Å². The van der Waals surface area contributed by atoms with Crippen LogP contribution in [0.4, 0.5) is 5.82 Å². The minimum Gasteiger partial charge on any atom is -0.382 e. The molecule has 0 radical (unpaired) electrons. The van der Waals surface area contributed by atoms with Crippen molar-refractivity contribution < 1.29 is 9.53 Å². The van der Waals surface area contributed by atoms with E-state index in [0.29, 0.717) is 30.5 Å². The summed E-state index contributed by atoms with van der Waals surface area (Å²) in [5.74, 6) is 0.0619. The molecule has 1 saturated heterocycles. The second-order valence-electron chi connectivity index (χ2n) is 7.72. The van der Waals surface area contributed by atoms with Gasteiger partial charge < -0.3 is 25.2 Å². The minimum absolute atomic E-state index is 0.0911. The summed E-state index contributed by atoms with van der Waals surface area (Å²) in [5, 5.41) is 2.92. The molecule has 158 valence electrons. The molecule has 0 saturated carbocycles. The van der Waals surface area contributed by atoms with Crippen molar-refractivity contribution in [2.45, 2.75) is 13.3 Å². The summed E-state index contributed by atoms with van der Waals surface area (Å²) in [4.78, 5) is 29.6. The Hall–Kier alpha value is -3.72. The topological polar surface area (TPSA) is 123 Å². The average Bonchev–Trinajstić information content (AvgIpc) is 3.55. The van der Waals surface area contributed by atoms with Gasteiger partial charge in [0.05, 0.1) is 12.3 Å². The van der Waals surface area contributed by atoms with E-state index in [1.807, 2.05) is 54.2 Å². The number of nitrogen functional groups attached to an aromatic ring is 1. The van der Waals surface area contributed by atoms with Gasteiger partial charge in [-0.1, -0.05) is 0 Å². The predicted octanol–water partition coefficient (Wildman–Crippen LogP) is 2.44. The Balaban J connectivity index is 1.57. The van der Waals surface area contributed by atoms with Crippen LogP contribution in [0.3, 0.4) is 0 Å². The van der Waals surface area contributed by atoms with Gasteiger partial charge in [-0.15, -0.1) is 0 Å². The van der Waals surface area contributed by atoms with Gasteiger partial charge in [-0.25, -0.2) is 15.0 Å². The van der Waals surface area contributed by atoms with E-state index in [0.717, 1.165) is 35.6 Å². The quantitative estimate of drug-likeness (QED) is 0.458. The van der Waals surface area contributed by atoms with Gasteiger partial charge in [0.1, 0.15) is 17.0 Å². The molecule has 0 aliphatic carbocycles. The highest BCUT2D eigenvalue weighted by molar-refractivity contribution is 5.97. The Kier molecular flexibility index (Phi) is 4.87. The SMILES string of the molecule is Cc1cnc2ccc(-c3nc(C(=O)NC[C@@H]4CCOC4)c(N)nc3-c3ccc[nH]3)cn12. The van der Waals surface area contributed by atoms with Crippen molar-refractivity contribution in [2.24, 2.45) is 5.92 Å². The number of pyridine rings is 1. The summed E-state index contributed by atoms with van der Waals surface area (Å²) in [6.07, 6.45) is 6.50. The maximum atomic E-state index is 12.9. The second-order valence-corrected chi connectivity index (χ2v) is 7.72. The number of hydrogen-bond acceptors (Lipinski definition) is 6. The summed E-state index contributed by atoms with van der Waals surface area (Å²) in [6.45, 7) is 3.89. The number of rotatable bonds is 5. The summed E-state index contributed by atoms with van der Waals surface area (Å²) in [5.41, 5.74) is 10.9. The number of nitrogens with zero attached hydrogens (tertiary/aromatic N) is 4. The third kappa shape index (κ3) is 3.64. The first-order chi connectivity index (χ1) is 15.1. The van der Waals surface area contributed by atoms with Crippen molar-refractivity contribution in [3.8, 4) is 22.6 Å². The fourth-order valence-electron chi connectivity index (χ4n) is 3.79. The Bertz CT molecular complexity index is 1240. The molecule has 0 spiro atoms. The number of H-pyrrole nitrogens is 1. The van der Waals surface area contributed by atoms with Gasteiger partial charge in [-0.05, 0) is 37.6 Å². The van der Waals surface area contributed by atoms with Crippen LogP contribution in [0.5, 0.6) is 0 Å². The molecule has 5 heterocycles. The first kappa shape index (κ1) is 19.3. The summed E-state index contributed by atoms with van der Waals surface area (Å²) in [6, 6.07) is 7.61. The van der Waals surface area contributed by atoms with Crippen molar-refractivity contribution in [2.75, 3.05) is 25.5 Å². The van der Waals surface area contributed by atoms with Gasteiger partial charge in [0.15, 0.2) is 11.5 Å². The van der Waals surface area contributed by atoms with Crippen LogP contribution in [0.15, 0.2) is 42.9 Å². The first-order valence-electron chi connectivity index (χ1n) is 10.2. The zero-order valence-corrected chi connectivity index (χ0v) is 17.1. The Morgan fingerprint density at radius 1 is 1.32 bits per heavy atom. The number of imidazole rings is 1. The van der Waals surface area contributed by atoms with Crippen molar-refractivity contribution in [1.82, 2.24) is 29.7 Å². The smallest absolute Gasteiger partial charge is 0.273 e. The lowest BCUT2D eigenvalue weighted by Gasteiger charge is -2.14. The molecule has 9 nitrogen and oxygen atoms in total. The summed E-state index contributed by atoms with van der Waals surface area (Å²) < 4.78 is 7.35. The van der Waals surface area contributed by atoms with Crippen LogP contribution in [0.2, 0.25) is 0 Å². The molecule has 1 atom stereocenters. The van der Waals surface area contributed by atoms with Gasteiger partial charge in [-0.3, -0.25) is 4.79 Å². The molecule has 1 aliphatic rings. The van der Waals surface area contributed by atoms with E-state index in [1.165, 1.54) is 0 Å². The van der Waals surface area contributed by atoms with E-state index >= 15 is 0 Å². The molecule has 5 rings (SSSR count). The molecule has 4 N–H and O–H groups in total. The number of anilines is 1. The van der Waals surface area contributed by atoms with E-state index in [2.05, 4.69) is 25.3 Å². The number of amides is 1. The fourth-order valence-corrected chi connectivity index (χ4v) is 3.79. The lowest BCUT2D eigenvalue weighted by atomic mass is 10.1. The highest BCUT2D eigenvalue weighted by Gasteiger charge is 2.22. The van der Waals surface area contributed by atoms with Gasteiger partial charge in [0, 0.05) is 48.9 Å². The van der Waals surface area contributed by atoms with Crippen molar-refractivity contribution in [1.29, 1.82) is 0 Å². The Morgan fingerprint density at radius 2 is 2.23 bits per heavy atom. The molecule has 0 aromatic carbocycles. The van der Waals surface area contributed by atoms with Gasteiger partial charge >= 0.3 is 0 Å². The van der Waals surface area contributed by atoms with Gasteiger partial charge in [-0.2, -0.15) is 0 Å². The number of ether oxygens (including phenoxy) is 1. The average molecular weight is 417 g/mol. The van der Waals surface area contributed by atoms with E-state index < -0.39 is 0 Å². The van der Waals surface area contributed by atoms with Crippen LogP contribution in [0.1, 0.15) is 22.6 Å². The van der Waals surface area contributed by atoms with Crippen LogP contribution in [-0.2, 0) is 4.74 Å². The predicted molar refractivity (Wildman–Crippen MR) is 116 cm³/mol. The molecule has 31 heavy (non-hydrogen) atoms. The Labute approximate surface area is 178 Å². The van der Waals surface area contributed by atoms with Crippen LogP contribution in [0.25, 0.3) is 28.3 Å². The zero-order valence-electron chi connectivity index (χ0n) is 17.1. The number of nitrogens with one attached hydrogen (secondary N) is 2. The number of hydrogen-bond donors (Lipinski definition) is 3. The third-order valence-electron chi connectivity index (χ3n) is 5.53. The molecule has 9 heteroatoms. The minimum atomic E-state index is -0.337. The standard InChI is InChI=1S/C22H23N7O2/c1-13-9-25-17-5-4-15(11-29(13)17)18-19(16-3-2-7-24-16)28-21(23)20(27-18)22(30)26-10-14-6-8-31-12-14/h2-5,7,9,11,14,24H,6,8,10,12H2,1H3,(H2,23,28)(H,26,30)/t14-/m0/s1. The number of aromatic amines is 1. The zero-order chi connectivity index (χ0) is 21.4. The molecule has 4 aromatic rings. The maximum Gasteiger partial charge on any atom is 0.273 e. The van der Waals surface area contributed by atoms with E-state index in [-0.39, 0.29) is 17.4 Å². The molecule has 1 aliphatic heterocycles. The van der Waals surface area contributed by atoms with Crippen molar-refractivity contribution in [3.63, 3.8) is 0 Å². The molecular weight excluding hydrogens is 394 g/mol.